The summed E-state index contributed by atoms with van der Waals surface area (Å²) < 4.78 is 51.5. The van der Waals surface area contributed by atoms with Crippen LogP contribution in [0.3, 0.4) is 0 Å². The summed E-state index contributed by atoms with van der Waals surface area (Å²) >= 11 is 0. The molecule has 2 aromatic heterocycles. The zero-order valence-electron chi connectivity index (χ0n) is 23.9. The van der Waals surface area contributed by atoms with Gasteiger partial charge in [0.2, 0.25) is 0 Å². The van der Waals surface area contributed by atoms with Crippen molar-refractivity contribution in [3.8, 4) is 0 Å². The second kappa shape index (κ2) is 15.2. The molecular formula is C29H40F4N6O2. The molecular weight excluding hydrogens is 540 g/mol. The Kier molecular flexibility index (Phi) is 12.0. The van der Waals surface area contributed by atoms with Crippen LogP contribution in [0.4, 0.5) is 23.2 Å². The highest BCUT2D eigenvalue weighted by Crippen LogP contribution is 2.32. The molecule has 2 fully saturated rings. The first-order valence-electron chi connectivity index (χ1n) is 14.2. The van der Waals surface area contributed by atoms with Gasteiger partial charge in [0.15, 0.2) is 11.9 Å². The molecule has 2 aliphatic heterocycles. The van der Waals surface area contributed by atoms with Gasteiger partial charge in [0.25, 0.3) is 0 Å². The summed E-state index contributed by atoms with van der Waals surface area (Å²) in [5, 5.41) is 16.6. The number of aldehydes is 1. The number of aliphatic hydroxyl groups excluding tert-OH is 1. The maximum absolute atomic E-state index is 13.2. The number of carbonyl (C=O) groups excluding carboxylic acids is 1. The average molecular weight is 581 g/mol. The molecule has 0 spiro atoms. The summed E-state index contributed by atoms with van der Waals surface area (Å²) in [7, 11) is 1.54. The number of nitrogens with zero attached hydrogens (tertiary/aromatic N) is 5. The van der Waals surface area contributed by atoms with Crippen molar-refractivity contribution in [3.63, 3.8) is 0 Å². The number of aromatic nitrogens is 3. The lowest BCUT2D eigenvalue weighted by atomic mass is 10.0. The van der Waals surface area contributed by atoms with Crippen molar-refractivity contribution in [1.82, 2.24) is 24.8 Å². The Balaban J connectivity index is 0.000000247. The van der Waals surface area contributed by atoms with Gasteiger partial charge in [-0.05, 0) is 57.8 Å². The zero-order chi connectivity index (χ0) is 30.0. The monoisotopic (exact) mass is 580 g/mol. The molecule has 1 atom stereocenters. The van der Waals surface area contributed by atoms with E-state index in [2.05, 4.69) is 25.2 Å². The van der Waals surface area contributed by atoms with Gasteiger partial charge in [0.1, 0.15) is 12.1 Å². The van der Waals surface area contributed by atoms with Gasteiger partial charge in [-0.2, -0.15) is 18.3 Å². The molecule has 8 nitrogen and oxygen atoms in total. The third-order valence-electron chi connectivity index (χ3n) is 7.32. The highest BCUT2D eigenvalue weighted by atomic mass is 19.4. The van der Waals surface area contributed by atoms with Gasteiger partial charge < -0.3 is 20.2 Å². The largest absolute Gasteiger partial charge is 0.419 e. The molecule has 5 rings (SSSR count). The molecule has 2 aliphatic rings. The fraction of sp³-hybridized carbons (Fsp3) is 0.552. The molecule has 0 bridgehead atoms. The number of rotatable bonds is 5. The van der Waals surface area contributed by atoms with E-state index in [9.17, 15) is 27.5 Å². The maximum atomic E-state index is 13.2. The molecule has 1 unspecified atom stereocenters. The lowest BCUT2D eigenvalue weighted by Crippen LogP contribution is -2.45. The van der Waals surface area contributed by atoms with E-state index in [1.54, 1.807) is 17.8 Å². The van der Waals surface area contributed by atoms with Crippen LogP contribution in [0, 0.1) is 5.82 Å². The van der Waals surface area contributed by atoms with E-state index >= 15 is 0 Å². The Labute approximate surface area is 238 Å². The predicted octanol–water partition coefficient (Wildman–Crippen LogP) is 4.95. The number of halogens is 4. The summed E-state index contributed by atoms with van der Waals surface area (Å²) in [6.45, 7) is 8.08. The van der Waals surface area contributed by atoms with Crippen LogP contribution in [0.2, 0.25) is 0 Å². The van der Waals surface area contributed by atoms with Crippen LogP contribution < -0.4 is 10.2 Å². The van der Waals surface area contributed by atoms with Crippen LogP contribution in [0.25, 0.3) is 5.65 Å². The van der Waals surface area contributed by atoms with Crippen LogP contribution in [0.15, 0.2) is 36.8 Å². The Hall–Kier alpha value is -3.09. The molecule has 0 radical (unpaired) electrons. The second-order valence-corrected chi connectivity index (χ2v) is 9.95. The molecule has 0 amide bonds. The predicted molar refractivity (Wildman–Crippen MR) is 151 cm³/mol. The van der Waals surface area contributed by atoms with Gasteiger partial charge in [-0.3, -0.25) is 4.79 Å². The highest BCUT2D eigenvalue weighted by Gasteiger charge is 2.34. The van der Waals surface area contributed by atoms with Gasteiger partial charge in [-0.15, -0.1) is 0 Å². The number of hydrogen-bond donors (Lipinski definition) is 2. The number of benzene rings is 1. The molecule has 1 aromatic carbocycles. The van der Waals surface area contributed by atoms with Gasteiger partial charge in [0.05, 0.1) is 17.4 Å². The number of alkyl halides is 3. The summed E-state index contributed by atoms with van der Waals surface area (Å²) in [5.41, 5.74) is 1.22. The number of nitrogens with one attached hydrogen (secondary N) is 1. The number of anilines is 1. The van der Waals surface area contributed by atoms with Crippen molar-refractivity contribution >= 4 is 17.6 Å². The Bertz CT molecular complexity index is 1240. The van der Waals surface area contributed by atoms with Crippen molar-refractivity contribution in [2.75, 3.05) is 38.1 Å². The SMILES string of the molecule is CC.CNCc1cccc(C(F)(F)F)c1F.O=Cc1cc(N2CCC(N3CCCC(O)CC3)CC2)c2ncnn2c1. The van der Waals surface area contributed by atoms with Crippen molar-refractivity contribution in [2.24, 2.45) is 0 Å². The molecule has 2 saturated heterocycles. The smallest absolute Gasteiger partial charge is 0.393 e. The molecule has 2 N–H and O–H groups in total. The lowest BCUT2D eigenvalue weighted by molar-refractivity contribution is -0.140. The first-order chi connectivity index (χ1) is 19.7. The van der Waals surface area contributed by atoms with E-state index < -0.39 is 17.6 Å². The fourth-order valence-electron chi connectivity index (χ4n) is 5.29. The van der Waals surface area contributed by atoms with Crippen LogP contribution in [-0.2, 0) is 12.7 Å². The fourth-order valence-corrected chi connectivity index (χ4v) is 5.29. The zero-order valence-corrected chi connectivity index (χ0v) is 23.9. The van der Waals surface area contributed by atoms with E-state index in [1.165, 1.54) is 18.5 Å². The Morgan fingerprint density at radius 2 is 1.83 bits per heavy atom. The van der Waals surface area contributed by atoms with Crippen LogP contribution in [-0.4, -0.2) is 76.3 Å². The number of fused-ring (bicyclic) bond motifs is 1. The lowest BCUT2D eigenvalue weighted by Gasteiger charge is -2.39. The number of pyridine rings is 1. The standard InChI is InChI=1S/C18H25N5O2.C9H9F4N.C2H6/c24-12-14-10-17(18-19-13-20-23(18)11-14)22-7-3-15(4-8-22)21-6-1-2-16(25)5-9-21;1-14-5-6-3-2-4-7(8(6)10)9(11,12)13;1-2/h10-13,15-16,25H,1-9H2;2-4,14H,5H2,1H3;1-2H3. The average Bonchev–Trinajstić information content (AvgIpc) is 3.35. The van der Waals surface area contributed by atoms with Crippen LogP contribution >= 0.6 is 0 Å². The summed E-state index contributed by atoms with van der Waals surface area (Å²) in [6, 6.07) is 5.75. The van der Waals surface area contributed by atoms with Crippen molar-refractivity contribution < 1.29 is 27.5 Å². The van der Waals surface area contributed by atoms with Crippen molar-refractivity contribution in [3.05, 3.63) is 59.3 Å². The number of hydrogen-bond acceptors (Lipinski definition) is 7. The number of carbonyl (C=O) groups is 1. The molecule has 3 aromatic rings. The first kappa shape index (κ1) is 32.4. The van der Waals surface area contributed by atoms with Gasteiger partial charge in [-0.1, -0.05) is 26.0 Å². The summed E-state index contributed by atoms with van der Waals surface area (Å²) in [4.78, 5) is 20.4. The Morgan fingerprint density at radius 1 is 1.10 bits per heavy atom. The van der Waals surface area contributed by atoms with E-state index in [1.807, 2.05) is 19.9 Å². The number of aliphatic hydroxyl groups is 1. The van der Waals surface area contributed by atoms with Crippen LogP contribution in [0.1, 0.15) is 67.4 Å². The van der Waals surface area contributed by atoms with Crippen molar-refractivity contribution in [1.29, 1.82) is 0 Å². The minimum atomic E-state index is -4.63. The van der Waals surface area contributed by atoms with E-state index in [-0.39, 0.29) is 18.2 Å². The minimum absolute atomic E-state index is 0.0160. The number of likely N-dealkylation sites (tertiary alicyclic amines) is 1. The first-order valence-corrected chi connectivity index (χ1v) is 14.2. The van der Waals surface area contributed by atoms with Gasteiger partial charge in [0, 0.05) is 49.5 Å². The molecule has 226 valence electrons. The topological polar surface area (TPSA) is 86.0 Å². The van der Waals surface area contributed by atoms with Crippen LogP contribution in [0.5, 0.6) is 0 Å². The van der Waals surface area contributed by atoms with E-state index in [4.69, 9.17) is 0 Å². The minimum Gasteiger partial charge on any atom is -0.393 e. The molecule has 4 heterocycles. The third-order valence-corrected chi connectivity index (χ3v) is 7.32. The number of piperidine rings is 1. The molecule has 41 heavy (non-hydrogen) atoms. The van der Waals surface area contributed by atoms with Gasteiger partial charge in [-0.25, -0.2) is 13.9 Å². The summed E-state index contributed by atoms with van der Waals surface area (Å²) in [5.74, 6) is -1.20. The van der Waals surface area contributed by atoms with Crippen molar-refractivity contribution in [2.45, 2.75) is 70.8 Å². The second-order valence-electron chi connectivity index (χ2n) is 9.95. The van der Waals surface area contributed by atoms with Gasteiger partial charge >= 0.3 is 6.18 Å². The Morgan fingerprint density at radius 3 is 2.49 bits per heavy atom. The molecule has 0 saturated carbocycles. The van der Waals surface area contributed by atoms with E-state index in [0.717, 1.165) is 82.0 Å². The molecule has 0 aliphatic carbocycles. The normalized spacial score (nSPS) is 18.6. The summed E-state index contributed by atoms with van der Waals surface area (Å²) in [6.07, 6.45) is 4.45. The maximum Gasteiger partial charge on any atom is 0.419 e. The highest BCUT2D eigenvalue weighted by molar-refractivity contribution is 5.81. The van der Waals surface area contributed by atoms with E-state index in [0.29, 0.717) is 11.6 Å². The quantitative estimate of drug-likeness (QED) is 0.326. The third kappa shape index (κ3) is 8.46. The molecule has 12 heteroatoms.